The minimum atomic E-state index is -3.53. The summed E-state index contributed by atoms with van der Waals surface area (Å²) in [7, 11) is -2.02. The van der Waals surface area contributed by atoms with Crippen LogP contribution in [0.2, 0.25) is 0 Å². The lowest BCUT2D eigenvalue weighted by molar-refractivity contribution is 0.0623. The summed E-state index contributed by atoms with van der Waals surface area (Å²) < 4.78 is 27.7. The molecule has 1 aliphatic rings. The van der Waals surface area contributed by atoms with Gasteiger partial charge < -0.3 is 5.11 Å². The summed E-state index contributed by atoms with van der Waals surface area (Å²) in [5, 5.41) is 9.78. The molecule has 0 atom stereocenters. The lowest BCUT2D eigenvalue weighted by atomic mass is 10.0. The highest BCUT2D eigenvalue weighted by molar-refractivity contribution is 7.86. The molecule has 6 heteroatoms. The standard InChI is InChI=1S/C14H22N2O3S/c1-14(2,17)11-15(3)20(18,19)16-9-8-12-6-4-5-7-13(12)10-16/h4-7,17H,8-11H2,1-3H3. The van der Waals surface area contributed by atoms with Crippen LogP contribution in [0.5, 0.6) is 0 Å². The topological polar surface area (TPSA) is 60.9 Å². The molecule has 0 aliphatic carbocycles. The van der Waals surface area contributed by atoms with E-state index in [1.807, 2.05) is 24.3 Å². The quantitative estimate of drug-likeness (QED) is 0.902. The van der Waals surface area contributed by atoms with Gasteiger partial charge in [0.05, 0.1) is 5.60 Å². The first-order chi connectivity index (χ1) is 9.20. The maximum Gasteiger partial charge on any atom is 0.282 e. The Hall–Kier alpha value is -0.950. The van der Waals surface area contributed by atoms with E-state index in [0.29, 0.717) is 13.1 Å². The Labute approximate surface area is 121 Å². The van der Waals surface area contributed by atoms with Crippen molar-refractivity contribution >= 4 is 10.2 Å². The third kappa shape index (κ3) is 3.38. The van der Waals surface area contributed by atoms with Crippen LogP contribution in [0, 0.1) is 0 Å². The second kappa shape index (κ2) is 5.44. The summed E-state index contributed by atoms with van der Waals surface area (Å²) in [6.45, 7) is 4.16. The van der Waals surface area contributed by atoms with Crippen molar-refractivity contribution in [2.75, 3.05) is 20.1 Å². The largest absolute Gasteiger partial charge is 0.389 e. The predicted octanol–water partition coefficient (Wildman–Crippen LogP) is 0.992. The molecule has 1 N–H and O–H groups in total. The molecule has 112 valence electrons. The fourth-order valence-corrected chi connectivity index (χ4v) is 3.99. The van der Waals surface area contributed by atoms with E-state index >= 15 is 0 Å². The predicted molar refractivity (Wildman–Crippen MR) is 78.4 cm³/mol. The van der Waals surface area contributed by atoms with Crippen LogP contribution in [0.4, 0.5) is 0 Å². The van der Waals surface area contributed by atoms with Crippen molar-refractivity contribution in [2.45, 2.75) is 32.4 Å². The van der Waals surface area contributed by atoms with E-state index in [4.69, 9.17) is 0 Å². The number of hydrogen-bond acceptors (Lipinski definition) is 3. The number of hydrogen-bond donors (Lipinski definition) is 1. The number of rotatable bonds is 4. The lowest BCUT2D eigenvalue weighted by Gasteiger charge is -2.33. The van der Waals surface area contributed by atoms with Crippen LogP contribution in [-0.2, 0) is 23.2 Å². The van der Waals surface area contributed by atoms with Gasteiger partial charge in [-0.1, -0.05) is 24.3 Å². The fraction of sp³-hybridized carbons (Fsp3) is 0.571. The van der Waals surface area contributed by atoms with Crippen molar-refractivity contribution in [1.29, 1.82) is 0 Å². The summed E-state index contributed by atoms with van der Waals surface area (Å²) in [5.74, 6) is 0. The van der Waals surface area contributed by atoms with E-state index in [-0.39, 0.29) is 6.54 Å². The first-order valence-electron chi connectivity index (χ1n) is 6.71. The van der Waals surface area contributed by atoms with E-state index in [1.54, 1.807) is 13.8 Å². The van der Waals surface area contributed by atoms with Gasteiger partial charge in [0.25, 0.3) is 10.2 Å². The minimum Gasteiger partial charge on any atom is -0.389 e. The van der Waals surface area contributed by atoms with E-state index < -0.39 is 15.8 Å². The summed E-state index contributed by atoms with van der Waals surface area (Å²) >= 11 is 0. The van der Waals surface area contributed by atoms with E-state index in [2.05, 4.69) is 0 Å². The number of fused-ring (bicyclic) bond motifs is 1. The Bertz CT molecular complexity index is 578. The van der Waals surface area contributed by atoms with Crippen LogP contribution in [0.25, 0.3) is 0 Å². The molecule has 1 aromatic carbocycles. The second-order valence-corrected chi connectivity index (χ2v) is 7.96. The van der Waals surface area contributed by atoms with Crippen molar-refractivity contribution in [3.8, 4) is 0 Å². The molecule has 0 fully saturated rings. The molecular weight excluding hydrogens is 276 g/mol. The van der Waals surface area contributed by atoms with E-state index in [0.717, 1.165) is 12.0 Å². The highest BCUT2D eigenvalue weighted by atomic mass is 32.2. The summed E-state index contributed by atoms with van der Waals surface area (Å²) in [6.07, 6.45) is 0.728. The summed E-state index contributed by atoms with van der Waals surface area (Å²) in [6, 6.07) is 7.91. The molecule has 0 aromatic heterocycles. The van der Waals surface area contributed by atoms with Crippen molar-refractivity contribution in [3.05, 3.63) is 35.4 Å². The highest BCUT2D eigenvalue weighted by Crippen LogP contribution is 2.22. The Morgan fingerprint density at radius 2 is 1.90 bits per heavy atom. The normalized spacial score (nSPS) is 17.2. The van der Waals surface area contributed by atoms with Gasteiger partial charge in [-0.25, -0.2) is 0 Å². The SMILES string of the molecule is CN(CC(C)(C)O)S(=O)(=O)N1CCc2ccccc2C1. The molecule has 0 unspecified atom stereocenters. The summed E-state index contributed by atoms with van der Waals surface area (Å²) in [4.78, 5) is 0. The van der Waals surface area contributed by atoms with Gasteiger partial charge in [-0.2, -0.15) is 17.0 Å². The zero-order chi connectivity index (χ0) is 15.0. The maximum atomic E-state index is 12.5. The molecule has 1 aromatic rings. The van der Waals surface area contributed by atoms with Crippen molar-refractivity contribution < 1.29 is 13.5 Å². The molecule has 0 saturated heterocycles. The Morgan fingerprint density at radius 1 is 1.30 bits per heavy atom. The molecule has 1 heterocycles. The molecule has 0 amide bonds. The van der Waals surface area contributed by atoms with Gasteiger partial charge >= 0.3 is 0 Å². The fourth-order valence-electron chi connectivity index (χ4n) is 2.49. The molecule has 0 radical (unpaired) electrons. The molecule has 1 aliphatic heterocycles. The number of nitrogens with zero attached hydrogens (tertiary/aromatic N) is 2. The van der Waals surface area contributed by atoms with E-state index in [9.17, 15) is 13.5 Å². The Balaban J connectivity index is 2.16. The minimum absolute atomic E-state index is 0.0769. The maximum absolute atomic E-state index is 12.5. The van der Waals surface area contributed by atoms with Crippen molar-refractivity contribution in [1.82, 2.24) is 8.61 Å². The van der Waals surface area contributed by atoms with Crippen LogP contribution in [0.3, 0.4) is 0 Å². The third-order valence-electron chi connectivity index (χ3n) is 3.43. The van der Waals surface area contributed by atoms with Gasteiger partial charge in [0.1, 0.15) is 0 Å². The molecule has 0 saturated carbocycles. The monoisotopic (exact) mass is 298 g/mol. The number of benzene rings is 1. The molecule has 20 heavy (non-hydrogen) atoms. The smallest absolute Gasteiger partial charge is 0.282 e. The molecule has 2 rings (SSSR count). The molecular formula is C14H22N2O3S. The van der Waals surface area contributed by atoms with Crippen LogP contribution >= 0.6 is 0 Å². The summed E-state index contributed by atoms with van der Waals surface area (Å²) in [5.41, 5.74) is 1.22. The van der Waals surface area contributed by atoms with Crippen molar-refractivity contribution in [2.24, 2.45) is 0 Å². The zero-order valence-electron chi connectivity index (χ0n) is 12.2. The highest BCUT2D eigenvalue weighted by Gasteiger charge is 2.32. The molecule has 0 bridgehead atoms. The van der Waals surface area contributed by atoms with Crippen LogP contribution in [0.15, 0.2) is 24.3 Å². The molecule has 5 nitrogen and oxygen atoms in total. The lowest BCUT2D eigenvalue weighted by Crippen LogP contribution is -2.48. The molecule has 0 spiro atoms. The average Bonchev–Trinajstić information content (AvgIpc) is 2.36. The average molecular weight is 298 g/mol. The van der Waals surface area contributed by atoms with Gasteiger partial charge in [-0.15, -0.1) is 0 Å². The van der Waals surface area contributed by atoms with E-state index in [1.165, 1.54) is 21.2 Å². The third-order valence-corrected chi connectivity index (χ3v) is 5.31. The van der Waals surface area contributed by atoms with Crippen LogP contribution in [-0.4, -0.2) is 47.9 Å². The Morgan fingerprint density at radius 3 is 2.50 bits per heavy atom. The zero-order valence-corrected chi connectivity index (χ0v) is 13.0. The van der Waals surface area contributed by atoms with Crippen LogP contribution in [0.1, 0.15) is 25.0 Å². The first-order valence-corrected chi connectivity index (χ1v) is 8.10. The van der Waals surface area contributed by atoms with Crippen LogP contribution < -0.4 is 0 Å². The van der Waals surface area contributed by atoms with Crippen molar-refractivity contribution in [3.63, 3.8) is 0 Å². The van der Waals surface area contributed by atoms with Gasteiger partial charge in [0, 0.05) is 26.7 Å². The Kier molecular flexibility index (Phi) is 4.20. The second-order valence-electron chi connectivity index (χ2n) is 5.93. The van der Waals surface area contributed by atoms with Gasteiger partial charge in [0.2, 0.25) is 0 Å². The van der Waals surface area contributed by atoms with Gasteiger partial charge in [0.15, 0.2) is 0 Å². The number of aliphatic hydroxyl groups is 1. The van der Waals surface area contributed by atoms with Gasteiger partial charge in [-0.3, -0.25) is 0 Å². The van der Waals surface area contributed by atoms with Gasteiger partial charge in [-0.05, 0) is 31.4 Å². The number of likely N-dealkylation sites (N-methyl/N-ethyl adjacent to an activating group) is 1. The first kappa shape index (κ1) is 15.4.